The first-order valence-electron chi connectivity index (χ1n) is 12.1. The van der Waals surface area contributed by atoms with E-state index < -0.39 is 0 Å². The summed E-state index contributed by atoms with van der Waals surface area (Å²) in [6.45, 7) is 2.73. The zero-order chi connectivity index (χ0) is 24.5. The van der Waals surface area contributed by atoms with Crippen molar-refractivity contribution in [3.8, 4) is 22.9 Å². The number of likely N-dealkylation sites (N-methyl/N-ethyl adjacent to an activating group) is 1. The van der Waals surface area contributed by atoms with Gasteiger partial charge in [0.05, 0.1) is 48.1 Å². The van der Waals surface area contributed by atoms with Gasteiger partial charge in [-0.15, -0.1) is 0 Å². The molecule has 1 fully saturated rings. The summed E-state index contributed by atoms with van der Waals surface area (Å²) in [5.74, 6) is 1.12. The van der Waals surface area contributed by atoms with Gasteiger partial charge >= 0.3 is 0 Å². The Balaban J connectivity index is 1.33. The Morgan fingerprint density at radius 2 is 2.06 bits per heavy atom. The van der Waals surface area contributed by atoms with Crippen LogP contribution in [0.4, 0.5) is 0 Å². The second-order valence-corrected chi connectivity index (χ2v) is 9.19. The fourth-order valence-electron chi connectivity index (χ4n) is 4.62. The van der Waals surface area contributed by atoms with Gasteiger partial charge in [-0.1, -0.05) is 6.07 Å². The van der Waals surface area contributed by atoms with Crippen molar-refractivity contribution in [3.05, 3.63) is 53.5 Å². The number of likely N-dealkylation sites (tertiary alicyclic amines) is 1. The van der Waals surface area contributed by atoms with Gasteiger partial charge < -0.3 is 19.7 Å². The van der Waals surface area contributed by atoms with Crippen molar-refractivity contribution in [2.45, 2.75) is 18.9 Å². The van der Waals surface area contributed by atoms with Crippen LogP contribution in [0.2, 0.25) is 0 Å². The summed E-state index contributed by atoms with van der Waals surface area (Å²) < 4.78 is 12.1. The molecule has 3 N–H and O–H groups in total. The third-order valence-electron chi connectivity index (χ3n) is 6.57. The summed E-state index contributed by atoms with van der Waals surface area (Å²) in [6.07, 6.45) is 8.97. The van der Waals surface area contributed by atoms with Crippen molar-refractivity contribution in [2.24, 2.45) is 0 Å². The summed E-state index contributed by atoms with van der Waals surface area (Å²) in [5.41, 5.74) is 4.58. The van der Waals surface area contributed by atoms with Crippen molar-refractivity contribution < 1.29 is 14.3 Å². The van der Waals surface area contributed by atoms with Crippen molar-refractivity contribution in [1.29, 1.82) is 0 Å². The number of nitrogens with zero attached hydrogens (tertiary/aromatic N) is 4. The molecule has 1 atom stereocenters. The average molecular weight is 486 g/mol. The molecule has 0 spiro atoms. The van der Waals surface area contributed by atoms with Gasteiger partial charge in [-0.2, -0.15) is 10.2 Å². The van der Waals surface area contributed by atoms with Crippen LogP contribution in [0.3, 0.4) is 0 Å². The standard InChI is InChI=1S/C26H27N7O3/c1-33-8-7-18(15-33)29-25(34)17-4-3-16-5-6-21-19-12-22(27-14-23(19)31-30-21)20-13-28-32-26(20)36-10-2-9-35-24(16)11-17/h3-6,11-14,18H,2,7-10,15H2,1H3,(H,28,32)(H,29,34)(H,30,31). The van der Waals surface area contributed by atoms with E-state index in [1.165, 1.54) is 0 Å². The van der Waals surface area contributed by atoms with Crippen LogP contribution in [0.25, 0.3) is 34.3 Å². The highest BCUT2D eigenvalue weighted by Gasteiger charge is 2.22. The minimum absolute atomic E-state index is 0.0880. The zero-order valence-corrected chi connectivity index (χ0v) is 20.0. The SMILES string of the molecule is CN1CCC(NC(=O)c2ccc3c(c2)OCCCOc2[nH]ncc2-c2cc4c(n[nH]c4cn2)C=C3)C1. The van der Waals surface area contributed by atoms with E-state index in [0.717, 1.165) is 52.9 Å². The second kappa shape index (κ2) is 9.46. The van der Waals surface area contributed by atoms with Gasteiger partial charge in [-0.05, 0) is 50.4 Å². The number of ether oxygens (including phenoxy) is 2. The highest BCUT2D eigenvalue weighted by Crippen LogP contribution is 2.30. The maximum absolute atomic E-state index is 12.9. The number of pyridine rings is 1. The molecular weight excluding hydrogens is 458 g/mol. The summed E-state index contributed by atoms with van der Waals surface area (Å²) >= 11 is 0. The van der Waals surface area contributed by atoms with Crippen LogP contribution in [0.5, 0.6) is 11.6 Å². The highest BCUT2D eigenvalue weighted by atomic mass is 16.5. The number of carbonyl (C=O) groups is 1. The Labute approximate surface area is 207 Å². The van der Waals surface area contributed by atoms with Gasteiger partial charge in [-0.3, -0.25) is 14.9 Å². The topological polar surface area (TPSA) is 121 Å². The van der Waals surface area contributed by atoms with E-state index in [2.05, 4.69) is 42.6 Å². The van der Waals surface area contributed by atoms with Gasteiger partial charge in [0.25, 0.3) is 5.91 Å². The second-order valence-electron chi connectivity index (χ2n) is 9.19. The number of H-pyrrole nitrogens is 2. The monoisotopic (exact) mass is 485 g/mol. The maximum atomic E-state index is 12.9. The lowest BCUT2D eigenvalue weighted by Gasteiger charge is -2.15. The predicted molar refractivity (Wildman–Crippen MR) is 136 cm³/mol. The quantitative estimate of drug-likeness (QED) is 0.399. The van der Waals surface area contributed by atoms with E-state index in [1.54, 1.807) is 12.4 Å². The molecule has 1 aromatic carbocycles. The van der Waals surface area contributed by atoms with Crippen LogP contribution < -0.4 is 14.8 Å². The lowest BCUT2D eigenvalue weighted by atomic mass is 10.1. The third kappa shape index (κ3) is 4.42. The highest BCUT2D eigenvalue weighted by molar-refractivity contribution is 5.96. The molecule has 10 heteroatoms. The van der Waals surface area contributed by atoms with E-state index in [4.69, 9.17) is 9.47 Å². The Morgan fingerprint density at radius 3 is 2.94 bits per heavy atom. The number of hydrogen-bond acceptors (Lipinski definition) is 7. The Hall–Kier alpha value is -4.18. The summed E-state index contributed by atoms with van der Waals surface area (Å²) in [5, 5.41) is 18.6. The average Bonchev–Trinajstić information content (AvgIpc) is 3.62. The number of fused-ring (bicyclic) bond motifs is 4. The van der Waals surface area contributed by atoms with Gasteiger partial charge in [0.15, 0.2) is 0 Å². The summed E-state index contributed by atoms with van der Waals surface area (Å²) in [7, 11) is 2.07. The number of hydrogen-bond donors (Lipinski definition) is 3. The molecular formula is C26H27N7O3. The normalized spacial score (nSPS) is 18.1. The van der Waals surface area contributed by atoms with Gasteiger partial charge in [-0.25, -0.2) is 5.10 Å². The smallest absolute Gasteiger partial charge is 0.251 e. The molecule has 6 rings (SSSR count). The number of aromatic nitrogens is 5. The number of nitrogens with one attached hydrogen (secondary N) is 3. The van der Waals surface area contributed by atoms with Gasteiger partial charge in [0, 0.05) is 35.5 Å². The molecule has 184 valence electrons. The molecule has 3 aromatic heterocycles. The van der Waals surface area contributed by atoms with Crippen LogP contribution in [0, 0.1) is 0 Å². The first kappa shape index (κ1) is 22.3. The largest absolute Gasteiger partial charge is 0.493 e. The molecule has 0 aliphatic carbocycles. The molecule has 1 unspecified atom stereocenters. The Kier molecular flexibility index (Phi) is 5.86. The van der Waals surface area contributed by atoms with Crippen molar-refractivity contribution in [1.82, 2.24) is 35.6 Å². The van der Waals surface area contributed by atoms with Crippen LogP contribution in [0.15, 0.2) is 36.7 Å². The number of amides is 1. The van der Waals surface area contributed by atoms with Crippen LogP contribution in [-0.2, 0) is 0 Å². The fraction of sp³-hybridized carbons (Fsp3) is 0.308. The first-order chi connectivity index (χ1) is 17.6. The molecule has 0 radical (unpaired) electrons. The molecule has 1 saturated heterocycles. The minimum Gasteiger partial charge on any atom is -0.493 e. The minimum atomic E-state index is -0.0880. The molecule has 36 heavy (non-hydrogen) atoms. The molecule has 1 amide bonds. The lowest BCUT2D eigenvalue weighted by Crippen LogP contribution is -2.36. The molecule has 10 nitrogen and oxygen atoms in total. The van der Waals surface area contributed by atoms with Crippen molar-refractivity contribution in [2.75, 3.05) is 33.4 Å². The van der Waals surface area contributed by atoms with E-state index in [-0.39, 0.29) is 11.9 Å². The third-order valence-corrected chi connectivity index (χ3v) is 6.57. The predicted octanol–water partition coefficient (Wildman–Crippen LogP) is 3.11. The Morgan fingerprint density at radius 1 is 1.14 bits per heavy atom. The molecule has 2 aliphatic rings. The van der Waals surface area contributed by atoms with E-state index in [1.807, 2.05) is 36.4 Å². The number of benzene rings is 1. The van der Waals surface area contributed by atoms with E-state index >= 15 is 0 Å². The lowest BCUT2D eigenvalue weighted by molar-refractivity contribution is 0.0938. The van der Waals surface area contributed by atoms with Crippen LogP contribution in [0.1, 0.15) is 34.5 Å². The Bertz CT molecular complexity index is 1440. The zero-order valence-electron chi connectivity index (χ0n) is 20.0. The number of rotatable bonds is 2. The maximum Gasteiger partial charge on any atom is 0.251 e. The first-order valence-corrected chi connectivity index (χ1v) is 12.1. The molecule has 2 bridgehead atoms. The van der Waals surface area contributed by atoms with Crippen LogP contribution >= 0.6 is 0 Å². The van der Waals surface area contributed by atoms with E-state index in [9.17, 15) is 4.79 Å². The van der Waals surface area contributed by atoms with Crippen molar-refractivity contribution in [3.63, 3.8) is 0 Å². The van der Waals surface area contributed by atoms with Crippen LogP contribution in [-0.4, -0.2) is 75.6 Å². The molecule has 2 aliphatic heterocycles. The number of aromatic amines is 2. The van der Waals surface area contributed by atoms with Gasteiger partial charge in [0.1, 0.15) is 5.75 Å². The van der Waals surface area contributed by atoms with Crippen molar-refractivity contribution >= 4 is 29.0 Å². The molecule has 4 aromatic rings. The fourth-order valence-corrected chi connectivity index (χ4v) is 4.62. The summed E-state index contributed by atoms with van der Waals surface area (Å²) in [4.78, 5) is 19.7. The van der Waals surface area contributed by atoms with Gasteiger partial charge in [0.2, 0.25) is 5.88 Å². The number of carbonyl (C=O) groups excluding carboxylic acids is 1. The summed E-state index contributed by atoms with van der Waals surface area (Å²) in [6, 6.07) is 7.69. The van der Waals surface area contributed by atoms with E-state index in [0.29, 0.717) is 36.8 Å². The molecule has 0 saturated carbocycles. The molecule has 5 heterocycles.